The van der Waals surface area contributed by atoms with Crippen LogP contribution in [0.15, 0.2) is 11.6 Å². The number of hydrogen-bond acceptors (Lipinski definition) is 1. The quantitative estimate of drug-likeness (QED) is 0.528. The SMILES string of the molecule is CC(C)=CCC(C)[C]=O. The van der Waals surface area contributed by atoms with Gasteiger partial charge in [0, 0.05) is 5.92 Å². The van der Waals surface area contributed by atoms with E-state index in [1.165, 1.54) is 5.57 Å². The zero-order chi connectivity index (χ0) is 7.28. The molecule has 0 aliphatic carbocycles. The molecule has 1 atom stereocenters. The summed E-state index contributed by atoms with van der Waals surface area (Å²) in [6.07, 6.45) is 4.80. The molecule has 0 saturated carbocycles. The molecular weight excluding hydrogens is 112 g/mol. The van der Waals surface area contributed by atoms with E-state index in [2.05, 4.69) is 6.08 Å². The van der Waals surface area contributed by atoms with Crippen molar-refractivity contribution < 1.29 is 4.79 Å². The summed E-state index contributed by atoms with van der Waals surface area (Å²) in [4.78, 5) is 9.96. The van der Waals surface area contributed by atoms with E-state index in [1.54, 1.807) is 0 Å². The van der Waals surface area contributed by atoms with Gasteiger partial charge in [0.1, 0.15) is 0 Å². The molecule has 0 aromatic heterocycles. The third-order valence-electron chi connectivity index (χ3n) is 1.08. The smallest absolute Gasteiger partial charge is 0.201 e. The Morgan fingerprint density at radius 1 is 1.67 bits per heavy atom. The zero-order valence-electron chi connectivity index (χ0n) is 6.27. The molecule has 1 unspecified atom stereocenters. The first-order chi connectivity index (χ1) is 4.16. The molecule has 51 valence electrons. The average Bonchev–Trinajstić information content (AvgIpc) is 1.83. The van der Waals surface area contributed by atoms with Gasteiger partial charge >= 0.3 is 0 Å². The summed E-state index contributed by atoms with van der Waals surface area (Å²) in [5.74, 6) is 0.0555. The van der Waals surface area contributed by atoms with E-state index < -0.39 is 0 Å². The summed E-state index contributed by atoms with van der Waals surface area (Å²) in [6.45, 7) is 5.92. The third kappa shape index (κ3) is 5.28. The second-order valence-electron chi connectivity index (χ2n) is 2.54. The molecule has 0 spiro atoms. The molecule has 1 radical (unpaired) electrons. The molecule has 0 aromatic rings. The van der Waals surface area contributed by atoms with Crippen LogP contribution < -0.4 is 0 Å². The van der Waals surface area contributed by atoms with Gasteiger partial charge in [0.05, 0.1) is 0 Å². The fourth-order valence-corrected chi connectivity index (χ4v) is 0.461. The van der Waals surface area contributed by atoms with Crippen LogP contribution in [0.3, 0.4) is 0 Å². The van der Waals surface area contributed by atoms with Crippen LogP contribution in [-0.2, 0) is 4.79 Å². The van der Waals surface area contributed by atoms with Crippen LogP contribution in [0.4, 0.5) is 0 Å². The predicted molar refractivity (Wildman–Crippen MR) is 38.9 cm³/mol. The molecule has 0 fully saturated rings. The molecule has 0 saturated heterocycles. The van der Waals surface area contributed by atoms with Gasteiger partial charge in [0.15, 0.2) is 0 Å². The van der Waals surface area contributed by atoms with Crippen molar-refractivity contribution in [2.75, 3.05) is 0 Å². The van der Waals surface area contributed by atoms with Crippen molar-refractivity contribution >= 4 is 6.29 Å². The van der Waals surface area contributed by atoms with Crippen LogP contribution in [0.1, 0.15) is 27.2 Å². The molecule has 0 rings (SSSR count). The maximum atomic E-state index is 9.96. The van der Waals surface area contributed by atoms with E-state index in [0.29, 0.717) is 0 Å². The van der Waals surface area contributed by atoms with Gasteiger partial charge < -0.3 is 0 Å². The minimum absolute atomic E-state index is 0.0555. The van der Waals surface area contributed by atoms with Crippen LogP contribution in [0.5, 0.6) is 0 Å². The van der Waals surface area contributed by atoms with Gasteiger partial charge in [-0.15, -0.1) is 0 Å². The molecule has 0 aliphatic heterocycles. The molecule has 0 N–H and O–H groups in total. The van der Waals surface area contributed by atoms with Crippen LogP contribution in [0.25, 0.3) is 0 Å². The minimum atomic E-state index is 0.0555. The lowest BCUT2D eigenvalue weighted by Gasteiger charge is -1.94. The fraction of sp³-hybridized carbons (Fsp3) is 0.625. The highest BCUT2D eigenvalue weighted by Crippen LogP contribution is 2.01. The maximum absolute atomic E-state index is 9.96. The Morgan fingerprint density at radius 2 is 2.22 bits per heavy atom. The molecule has 0 aromatic carbocycles. The molecular formula is C8H13O. The average molecular weight is 125 g/mol. The summed E-state index contributed by atoms with van der Waals surface area (Å²) in [6, 6.07) is 0. The van der Waals surface area contributed by atoms with E-state index in [1.807, 2.05) is 27.1 Å². The molecule has 1 nitrogen and oxygen atoms in total. The largest absolute Gasteiger partial charge is 0.291 e. The summed E-state index contributed by atoms with van der Waals surface area (Å²) in [5.41, 5.74) is 1.26. The Labute approximate surface area is 56.8 Å². The maximum Gasteiger partial charge on any atom is 0.201 e. The van der Waals surface area contributed by atoms with Crippen molar-refractivity contribution in [3.05, 3.63) is 11.6 Å². The first-order valence-electron chi connectivity index (χ1n) is 3.18. The lowest BCUT2D eigenvalue weighted by molar-refractivity contribution is 0.530. The lowest BCUT2D eigenvalue weighted by Crippen LogP contribution is -1.91. The molecule has 0 aliphatic rings. The molecule has 9 heavy (non-hydrogen) atoms. The second-order valence-corrected chi connectivity index (χ2v) is 2.54. The Morgan fingerprint density at radius 3 is 2.56 bits per heavy atom. The highest BCUT2D eigenvalue weighted by atomic mass is 16.1. The standard InChI is InChI=1S/C8H13O/c1-7(2)4-5-8(3)6-9/h4,8H,5H2,1-3H3. The topological polar surface area (TPSA) is 17.1 Å². The van der Waals surface area contributed by atoms with Crippen molar-refractivity contribution in [1.82, 2.24) is 0 Å². The van der Waals surface area contributed by atoms with Crippen LogP contribution >= 0.6 is 0 Å². The first-order valence-corrected chi connectivity index (χ1v) is 3.18. The highest BCUT2D eigenvalue weighted by molar-refractivity contribution is 5.54. The normalized spacial score (nSPS) is 12.3. The third-order valence-corrected chi connectivity index (χ3v) is 1.08. The Balaban J connectivity index is 3.49. The van der Waals surface area contributed by atoms with Crippen molar-refractivity contribution in [2.45, 2.75) is 27.2 Å². The van der Waals surface area contributed by atoms with E-state index >= 15 is 0 Å². The van der Waals surface area contributed by atoms with Crippen molar-refractivity contribution in [1.29, 1.82) is 0 Å². The van der Waals surface area contributed by atoms with Crippen molar-refractivity contribution in [3.8, 4) is 0 Å². The van der Waals surface area contributed by atoms with Gasteiger partial charge in [-0.25, -0.2) is 0 Å². The summed E-state index contributed by atoms with van der Waals surface area (Å²) >= 11 is 0. The lowest BCUT2D eigenvalue weighted by atomic mass is 10.1. The van der Waals surface area contributed by atoms with E-state index in [-0.39, 0.29) is 5.92 Å². The van der Waals surface area contributed by atoms with Gasteiger partial charge in [0.25, 0.3) is 0 Å². The van der Waals surface area contributed by atoms with Gasteiger partial charge in [-0.1, -0.05) is 18.6 Å². The van der Waals surface area contributed by atoms with Gasteiger partial charge in [0.2, 0.25) is 6.29 Å². The molecule has 1 heteroatoms. The van der Waals surface area contributed by atoms with E-state index in [9.17, 15) is 4.79 Å². The van der Waals surface area contributed by atoms with Gasteiger partial charge in [-0.3, -0.25) is 4.79 Å². The summed E-state index contributed by atoms with van der Waals surface area (Å²) < 4.78 is 0. The number of carbonyl (C=O) groups excluding carboxylic acids is 1. The van der Waals surface area contributed by atoms with E-state index in [0.717, 1.165) is 6.42 Å². The Bertz CT molecular complexity index is 110. The zero-order valence-corrected chi connectivity index (χ0v) is 6.27. The first kappa shape index (κ1) is 8.41. The Hall–Kier alpha value is -0.590. The minimum Gasteiger partial charge on any atom is -0.291 e. The second kappa shape index (κ2) is 4.30. The van der Waals surface area contributed by atoms with Crippen LogP contribution in [-0.4, -0.2) is 6.29 Å². The van der Waals surface area contributed by atoms with Gasteiger partial charge in [-0.2, -0.15) is 0 Å². The number of hydrogen-bond donors (Lipinski definition) is 0. The highest BCUT2D eigenvalue weighted by Gasteiger charge is 1.95. The van der Waals surface area contributed by atoms with E-state index in [4.69, 9.17) is 0 Å². The number of rotatable bonds is 3. The number of allylic oxidation sites excluding steroid dienone is 2. The van der Waals surface area contributed by atoms with Crippen molar-refractivity contribution in [2.24, 2.45) is 5.92 Å². The summed E-state index contributed by atoms with van der Waals surface area (Å²) in [7, 11) is 0. The molecule has 0 bridgehead atoms. The predicted octanol–water partition coefficient (Wildman–Crippen LogP) is 2.09. The Kier molecular flexibility index (Phi) is 4.02. The van der Waals surface area contributed by atoms with Crippen molar-refractivity contribution in [3.63, 3.8) is 0 Å². The van der Waals surface area contributed by atoms with Crippen LogP contribution in [0, 0.1) is 5.92 Å². The monoisotopic (exact) mass is 125 g/mol. The summed E-state index contributed by atoms with van der Waals surface area (Å²) in [5, 5.41) is 0. The molecule has 0 heterocycles. The fourth-order valence-electron chi connectivity index (χ4n) is 0.461. The van der Waals surface area contributed by atoms with Crippen LogP contribution in [0.2, 0.25) is 0 Å². The molecule has 0 amide bonds. The van der Waals surface area contributed by atoms with Gasteiger partial charge in [-0.05, 0) is 20.3 Å².